The normalized spacial score (nSPS) is 19.9. The molecule has 3 heterocycles. The average molecular weight is 412 g/mol. The molecule has 0 aromatic carbocycles. The number of anilines is 1. The summed E-state index contributed by atoms with van der Waals surface area (Å²) >= 11 is 0. The minimum Gasteiger partial charge on any atom is -0.465 e. The molecule has 0 spiro atoms. The molecule has 8 nitrogen and oxygen atoms in total. The number of fused-ring (bicyclic) bond motifs is 1. The first-order chi connectivity index (χ1) is 14.0. The zero-order valence-corrected chi connectivity index (χ0v) is 18.4. The number of rotatable bonds is 2. The number of aromatic nitrogens is 2. The lowest BCUT2D eigenvalue weighted by molar-refractivity contribution is 0.0420. The largest absolute Gasteiger partial charge is 0.465 e. The zero-order valence-electron chi connectivity index (χ0n) is 18.4. The summed E-state index contributed by atoms with van der Waals surface area (Å²) in [6.45, 7) is 11.0. The molecular weight excluding hydrogens is 382 g/mol. The Bertz CT molecular complexity index is 1080. The second-order valence-electron chi connectivity index (χ2n) is 9.32. The predicted octanol–water partition coefficient (Wildman–Crippen LogP) is 3.04. The van der Waals surface area contributed by atoms with Crippen LogP contribution in [-0.4, -0.2) is 50.8 Å². The fraction of sp³-hybridized carbons (Fsp3) is 0.545. The van der Waals surface area contributed by atoms with Gasteiger partial charge in [-0.05, 0) is 23.5 Å². The van der Waals surface area contributed by atoms with Gasteiger partial charge in [0.05, 0.1) is 23.3 Å². The molecule has 2 aromatic rings. The lowest BCUT2D eigenvalue weighted by Gasteiger charge is -2.54. The first-order valence-electron chi connectivity index (χ1n) is 10.1. The van der Waals surface area contributed by atoms with Crippen LogP contribution in [0.4, 0.5) is 10.5 Å². The van der Waals surface area contributed by atoms with Crippen molar-refractivity contribution in [3.8, 4) is 6.07 Å². The third kappa shape index (κ3) is 3.60. The van der Waals surface area contributed by atoms with Crippen LogP contribution >= 0.6 is 0 Å². The summed E-state index contributed by atoms with van der Waals surface area (Å²) in [5.74, 6) is 0.120. The van der Waals surface area contributed by atoms with Gasteiger partial charge in [0.2, 0.25) is 0 Å². The quantitative estimate of drug-likeness (QED) is 0.815. The second-order valence-corrected chi connectivity index (χ2v) is 9.32. The molecule has 1 saturated heterocycles. The summed E-state index contributed by atoms with van der Waals surface area (Å²) in [7, 11) is 1.68. The highest BCUT2D eigenvalue weighted by atomic mass is 16.4. The van der Waals surface area contributed by atoms with E-state index in [-0.39, 0.29) is 34.7 Å². The van der Waals surface area contributed by atoms with Crippen molar-refractivity contribution in [3.05, 3.63) is 34.2 Å². The third-order valence-electron chi connectivity index (χ3n) is 5.91. The molecule has 0 bridgehead atoms. The third-order valence-corrected chi connectivity index (χ3v) is 5.91. The molecular formula is C22H29N5O3. The summed E-state index contributed by atoms with van der Waals surface area (Å²) in [5.41, 5.74) is 1.68. The van der Waals surface area contributed by atoms with Gasteiger partial charge >= 0.3 is 6.09 Å². The van der Waals surface area contributed by atoms with Gasteiger partial charge < -0.3 is 19.5 Å². The second kappa shape index (κ2) is 7.63. The number of pyridine rings is 2. The standard InChI is InChI=1S/C22H29N5O3/c1-13(2)19-20(22(3,4)5)27(21(29)30)10-9-26(19)16-11-17(28)25(6)15-8-7-14(12-23)24-18(15)16/h7-8,11,13,19-20H,9-10H2,1-6H3,(H,29,30). The highest BCUT2D eigenvalue weighted by molar-refractivity contribution is 5.89. The molecule has 0 radical (unpaired) electrons. The van der Waals surface area contributed by atoms with Crippen molar-refractivity contribution in [2.75, 3.05) is 18.0 Å². The molecule has 1 fully saturated rings. The van der Waals surface area contributed by atoms with Crippen LogP contribution in [-0.2, 0) is 7.05 Å². The SMILES string of the molecule is CC(C)C1C(C(C)(C)C)N(C(=O)O)CCN1c1cc(=O)n(C)c2ccc(C#N)nc12. The lowest BCUT2D eigenvalue weighted by atomic mass is 9.75. The van der Waals surface area contributed by atoms with Crippen LogP contribution in [0.15, 0.2) is 23.0 Å². The molecule has 1 aliphatic rings. The van der Waals surface area contributed by atoms with Crippen molar-refractivity contribution in [1.29, 1.82) is 5.26 Å². The number of amides is 1. The van der Waals surface area contributed by atoms with Crippen LogP contribution in [0.25, 0.3) is 11.0 Å². The Hall–Kier alpha value is -3.08. The maximum atomic E-state index is 12.7. The Morgan fingerprint density at radius 2 is 1.97 bits per heavy atom. The van der Waals surface area contributed by atoms with E-state index < -0.39 is 6.09 Å². The van der Waals surface area contributed by atoms with E-state index in [4.69, 9.17) is 0 Å². The van der Waals surface area contributed by atoms with Crippen LogP contribution in [0.1, 0.15) is 40.3 Å². The van der Waals surface area contributed by atoms with Crippen molar-refractivity contribution >= 4 is 22.8 Å². The topological polar surface area (TPSA) is 102 Å². The fourth-order valence-electron chi connectivity index (χ4n) is 4.65. The molecule has 1 amide bonds. The Morgan fingerprint density at radius 1 is 1.30 bits per heavy atom. The van der Waals surface area contributed by atoms with Crippen molar-refractivity contribution in [3.63, 3.8) is 0 Å². The van der Waals surface area contributed by atoms with E-state index in [1.165, 1.54) is 9.47 Å². The van der Waals surface area contributed by atoms with Crippen LogP contribution < -0.4 is 10.5 Å². The van der Waals surface area contributed by atoms with Gasteiger partial charge in [0.25, 0.3) is 5.56 Å². The number of nitriles is 1. The van der Waals surface area contributed by atoms with Crippen LogP contribution in [0.5, 0.6) is 0 Å². The highest BCUT2D eigenvalue weighted by Gasteiger charge is 2.46. The molecule has 2 unspecified atom stereocenters. The van der Waals surface area contributed by atoms with Gasteiger partial charge in [-0.15, -0.1) is 0 Å². The lowest BCUT2D eigenvalue weighted by Crippen LogP contribution is -2.66. The Morgan fingerprint density at radius 3 is 2.50 bits per heavy atom. The van der Waals surface area contributed by atoms with E-state index in [1.807, 2.05) is 20.8 Å². The Balaban J connectivity index is 2.27. The Kier molecular flexibility index (Phi) is 5.50. The Labute approximate surface area is 176 Å². The van der Waals surface area contributed by atoms with E-state index in [0.717, 1.165) is 0 Å². The van der Waals surface area contributed by atoms with E-state index in [2.05, 4.69) is 29.8 Å². The summed E-state index contributed by atoms with van der Waals surface area (Å²) < 4.78 is 1.52. The number of hydrogen-bond acceptors (Lipinski definition) is 5. The molecule has 2 aromatic heterocycles. The summed E-state index contributed by atoms with van der Waals surface area (Å²) in [4.78, 5) is 32.9. The number of hydrogen-bond donors (Lipinski definition) is 1. The summed E-state index contributed by atoms with van der Waals surface area (Å²) in [6.07, 6.45) is -0.932. The van der Waals surface area contributed by atoms with E-state index in [0.29, 0.717) is 29.8 Å². The number of carboxylic acid groups (broad SMARTS) is 1. The molecule has 0 aliphatic carbocycles. The number of piperazine rings is 1. The summed E-state index contributed by atoms with van der Waals surface area (Å²) in [6, 6.07) is 6.54. The molecule has 30 heavy (non-hydrogen) atoms. The van der Waals surface area contributed by atoms with Crippen molar-refractivity contribution in [2.45, 2.75) is 46.7 Å². The van der Waals surface area contributed by atoms with Crippen LogP contribution in [0.2, 0.25) is 0 Å². The molecule has 8 heteroatoms. The van der Waals surface area contributed by atoms with Crippen molar-refractivity contribution in [2.24, 2.45) is 18.4 Å². The minimum absolute atomic E-state index is 0.120. The molecule has 1 N–H and O–H groups in total. The maximum absolute atomic E-state index is 12.7. The number of aryl methyl sites for hydroxylation is 1. The van der Waals surface area contributed by atoms with Gasteiger partial charge in [0, 0.05) is 26.2 Å². The predicted molar refractivity (Wildman–Crippen MR) is 116 cm³/mol. The van der Waals surface area contributed by atoms with Gasteiger partial charge in [-0.25, -0.2) is 9.78 Å². The first-order valence-corrected chi connectivity index (χ1v) is 10.1. The molecule has 160 valence electrons. The maximum Gasteiger partial charge on any atom is 0.407 e. The van der Waals surface area contributed by atoms with E-state index in [1.54, 1.807) is 25.2 Å². The van der Waals surface area contributed by atoms with Gasteiger partial charge in [-0.1, -0.05) is 34.6 Å². The fourth-order valence-corrected chi connectivity index (χ4v) is 4.65. The summed E-state index contributed by atoms with van der Waals surface area (Å²) in [5, 5.41) is 19.2. The first kappa shape index (κ1) is 21.6. The van der Waals surface area contributed by atoms with E-state index >= 15 is 0 Å². The zero-order chi connectivity index (χ0) is 22.4. The highest BCUT2D eigenvalue weighted by Crippen LogP contribution is 2.38. The van der Waals surface area contributed by atoms with Gasteiger partial charge in [-0.3, -0.25) is 4.79 Å². The van der Waals surface area contributed by atoms with Gasteiger partial charge in [0.1, 0.15) is 17.3 Å². The smallest absolute Gasteiger partial charge is 0.407 e. The van der Waals surface area contributed by atoms with Gasteiger partial charge in [-0.2, -0.15) is 5.26 Å². The van der Waals surface area contributed by atoms with E-state index in [9.17, 15) is 20.0 Å². The average Bonchev–Trinajstić information content (AvgIpc) is 2.68. The van der Waals surface area contributed by atoms with Crippen molar-refractivity contribution < 1.29 is 9.90 Å². The number of nitrogens with zero attached hydrogens (tertiary/aromatic N) is 5. The number of carbonyl (C=O) groups is 1. The monoisotopic (exact) mass is 411 g/mol. The van der Waals surface area contributed by atoms with Crippen LogP contribution in [0.3, 0.4) is 0 Å². The van der Waals surface area contributed by atoms with Crippen LogP contribution in [0, 0.1) is 22.7 Å². The molecule has 2 atom stereocenters. The molecule has 3 rings (SSSR count). The van der Waals surface area contributed by atoms with Crippen molar-refractivity contribution in [1.82, 2.24) is 14.5 Å². The van der Waals surface area contributed by atoms with Gasteiger partial charge in [0.15, 0.2) is 0 Å². The molecule has 0 saturated carbocycles. The minimum atomic E-state index is -0.932. The molecule has 1 aliphatic heterocycles.